The number of ether oxygens (including phenoxy) is 3. The third-order valence-electron chi connectivity index (χ3n) is 6.16. The Balaban J connectivity index is 1.86. The van der Waals surface area contributed by atoms with E-state index in [2.05, 4.69) is 15.4 Å². The fourth-order valence-electron chi connectivity index (χ4n) is 4.17. The van der Waals surface area contributed by atoms with E-state index in [0.717, 1.165) is 17.7 Å². The summed E-state index contributed by atoms with van der Waals surface area (Å²) in [7, 11) is -3.13. The summed E-state index contributed by atoms with van der Waals surface area (Å²) in [6, 6.07) is 11.0. The maximum absolute atomic E-state index is 13.3. The van der Waals surface area contributed by atoms with Crippen LogP contribution in [0.25, 0.3) is 0 Å². The summed E-state index contributed by atoms with van der Waals surface area (Å²) in [5.74, 6) is -0.710. The fourth-order valence-corrected chi connectivity index (χ4v) is 5.81. The number of rotatable bonds is 18. The van der Waals surface area contributed by atoms with Crippen molar-refractivity contribution in [3.05, 3.63) is 59.2 Å². The zero-order valence-electron chi connectivity index (χ0n) is 27.1. The molecule has 2 aromatic carbocycles. The molecule has 3 amide bonds. The maximum Gasteiger partial charge on any atom is 0.407 e. The zero-order valence-corrected chi connectivity index (χ0v) is 27.9. The third kappa shape index (κ3) is 13.4. The number of aryl methyl sites for hydroxylation is 2. The Morgan fingerprint density at radius 1 is 1.02 bits per heavy atom. The highest BCUT2D eigenvalue weighted by Crippen LogP contribution is 2.26. The molecular weight excluding hydrogens is 620 g/mol. The van der Waals surface area contributed by atoms with E-state index in [9.17, 15) is 27.6 Å². The van der Waals surface area contributed by atoms with Crippen molar-refractivity contribution in [3.63, 3.8) is 0 Å². The molecule has 3 N–H and O–H groups in total. The third-order valence-corrected chi connectivity index (χ3v) is 7.94. The van der Waals surface area contributed by atoms with Gasteiger partial charge in [0, 0.05) is 19.5 Å². The molecule has 0 heterocycles. The van der Waals surface area contributed by atoms with Gasteiger partial charge in [0.05, 0.1) is 25.2 Å². The van der Waals surface area contributed by atoms with Crippen LogP contribution in [0.3, 0.4) is 0 Å². The molecule has 254 valence electrons. The predicted octanol–water partition coefficient (Wildman–Crippen LogP) is 2.51. The van der Waals surface area contributed by atoms with E-state index in [0.29, 0.717) is 29.7 Å². The van der Waals surface area contributed by atoms with Crippen LogP contribution in [0.5, 0.6) is 5.75 Å². The number of hydroxylamine groups is 2. The van der Waals surface area contributed by atoms with Crippen LogP contribution in [-0.2, 0) is 45.3 Å². The molecule has 2 rings (SSSR count). The molecule has 1 atom stereocenters. The number of esters is 1. The molecule has 0 saturated heterocycles. The smallest absolute Gasteiger partial charge is 0.407 e. The van der Waals surface area contributed by atoms with Crippen molar-refractivity contribution in [1.29, 1.82) is 0 Å². The standard InChI is InChI=1S/C31H44N4O10S/c1-22-17-25(43-16-10-13-27(37)32-14-15-35(21-36)44-20-24-11-8-7-9-12-24)18-23(2)28(22)46(40,41)34-26(29(38)42-6)19-33-30(39)45-31(3,4)5/h7-9,11-12,17-18,21,26,34H,10,13-16,19-20H2,1-6H3,(H,32,37)(H,33,39)/t26-/m0/s1. The minimum absolute atomic E-state index is 0.0532. The normalized spacial score (nSPS) is 12.0. The molecule has 0 aromatic heterocycles. The molecule has 0 radical (unpaired) electrons. The topological polar surface area (TPSA) is 179 Å². The highest BCUT2D eigenvalue weighted by Gasteiger charge is 2.30. The second-order valence-corrected chi connectivity index (χ2v) is 12.9. The van der Waals surface area contributed by atoms with Crippen LogP contribution in [0.4, 0.5) is 4.79 Å². The van der Waals surface area contributed by atoms with Crippen molar-refractivity contribution in [3.8, 4) is 5.75 Å². The lowest BCUT2D eigenvalue weighted by atomic mass is 10.1. The van der Waals surface area contributed by atoms with Crippen LogP contribution in [0.1, 0.15) is 50.3 Å². The zero-order chi connectivity index (χ0) is 34.3. The van der Waals surface area contributed by atoms with Gasteiger partial charge in [0.15, 0.2) is 0 Å². The molecule has 15 heteroatoms. The lowest BCUT2D eigenvalue weighted by Crippen LogP contribution is -2.49. The average Bonchev–Trinajstić information content (AvgIpc) is 2.97. The van der Waals surface area contributed by atoms with Crippen molar-refractivity contribution in [2.45, 2.75) is 70.6 Å². The number of nitrogens with zero attached hydrogens (tertiary/aromatic N) is 1. The minimum atomic E-state index is -4.23. The van der Waals surface area contributed by atoms with E-state index in [1.54, 1.807) is 34.6 Å². The SMILES string of the molecule is COC(=O)[C@H](CNC(=O)OC(C)(C)C)NS(=O)(=O)c1c(C)cc(OCCCC(=O)NCCN(C=O)OCc2ccccc2)cc1C. The van der Waals surface area contributed by atoms with Gasteiger partial charge < -0.3 is 24.8 Å². The molecule has 0 aliphatic carbocycles. The Morgan fingerprint density at radius 2 is 1.67 bits per heavy atom. The maximum atomic E-state index is 13.3. The quantitative estimate of drug-likeness (QED) is 0.0928. The van der Waals surface area contributed by atoms with E-state index in [-0.39, 0.29) is 43.5 Å². The Bertz CT molecular complexity index is 1410. The van der Waals surface area contributed by atoms with Gasteiger partial charge >= 0.3 is 12.1 Å². The first kappa shape index (κ1) is 38.0. The number of amides is 3. The van der Waals surface area contributed by atoms with E-state index in [4.69, 9.17) is 19.0 Å². The van der Waals surface area contributed by atoms with E-state index in [1.165, 1.54) is 12.1 Å². The summed E-state index contributed by atoms with van der Waals surface area (Å²) in [5.41, 5.74) is 0.846. The lowest BCUT2D eigenvalue weighted by Gasteiger charge is -2.22. The summed E-state index contributed by atoms with van der Waals surface area (Å²) in [6.45, 7) is 8.59. The molecular formula is C31H44N4O10S. The lowest BCUT2D eigenvalue weighted by molar-refractivity contribution is -0.177. The van der Waals surface area contributed by atoms with Crippen molar-refractivity contribution >= 4 is 34.4 Å². The van der Waals surface area contributed by atoms with Gasteiger partial charge in [0.1, 0.15) is 24.0 Å². The minimum Gasteiger partial charge on any atom is -0.494 e. The predicted molar refractivity (Wildman–Crippen MR) is 168 cm³/mol. The van der Waals surface area contributed by atoms with Crippen molar-refractivity contribution in [1.82, 2.24) is 20.4 Å². The first-order chi connectivity index (χ1) is 21.6. The van der Waals surface area contributed by atoms with Crippen LogP contribution in [0.2, 0.25) is 0 Å². The van der Waals surface area contributed by atoms with E-state index in [1.807, 2.05) is 30.3 Å². The number of carbonyl (C=O) groups is 4. The molecule has 14 nitrogen and oxygen atoms in total. The van der Waals surface area contributed by atoms with Crippen LogP contribution in [0, 0.1) is 13.8 Å². The Labute approximate surface area is 270 Å². The highest BCUT2D eigenvalue weighted by molar-refractivity contribution is 7.89. The monoisotopic (exact) mass is 664 g/mol. The number of hydrogen-bond donors (Lipinski definition) is 3. The number of alkyl carbamates (subject to hydrolysis) is 1. The molecule has 0 aliphatic rings. The number of sulfonamides is 1. The first-order valence-electron chi connectivity index (χ1n) is 14.6. The highest BCUT2D eigenvalue weighted by atomic mass is 32.2. The summed E-state index contributed by atoms with van der Waals surface area (Å²) >= 11 is 0. The van der Waals surface area contributed by atoms with Crippen LogP contribution in [-0.4, -0.2) is 82.9 Å². The van der Waals surface area contributed by atoms with Crippen molar-refractivity contribution in [2.24, 2.45) is 0 Å². The van der Waals surface area contributed by atoms with Gasteiger partial charge in [0.2, 0.25) is 22.3 Å². The summed E-state index contributed by atoms with van der Waals surface area (Å²) in [4.78, 5) is 53.2. The molecule has 0 spiro atoms. The molecule has 0 saturated carbocycles. The van der Waals surface area contributed by atoms with Crippen molar-refractivity contribution < 1.29 is 46.6 Å². The Morgan fingerprint density at radius 3 is 2.26 bits per heavy atom. The fraction of sp³-hybridized carbons (Fsp3) is 0.484. The van der Waals surface area contributed by atoms with Gasteiger partial charge in [0.25, 0.3) is 0 Å². The number of carbonyl (C=O) groups excluding carboxylic acids is 4. The van der Waals surface area contributed by atoms with Gasteiger partial charge in [-0.1, -0.05) is 30.3 Å². The van der Waals surface area contributed by atoms with Gasteiger partial charge in [-0.3, -0.25) is 19.2 Å². The molecule has 0 fully saturated rings. The molecule has 0 bridgehead atoms. The van der Waals surface area contributed by atoms with Gasteiger partial charge in [-0.05, 0) is 69.9 Å². The molecule has 2 aromatic rings. The number of nitrogens with one attached hydrogen (secondary N) is 3. The number of benzene rings is 2. The largest absolute Gasteiger partial charge is 0.494 e. The summed E-state index contributed by atoms with van der Waals surface area (Å²) < 4.78 is 44.5. The molecule has 46 heavy (non-hydrogen) atoms. The van der Waals surface area contributed by atoms with Crippen LogP contribution >= 0.6 is 0 Å². The second-order valence-electron chi connectivity index (χ2n) is 11.3. The molecule has 0 aliphatic heterocycles. The first-order valence-corrected chi connectivity index (χ1v) is 16.1. The van der Waals surface area contributed by atoms with E-state index >= 15 is 0 Å². The Hall–Kier alpha value is -4.21. The Kier molecular flexibility index (Phi) is 14.9. The summed E-state index contributed by atoms with van der Waals surface area (Å²) in [5, 5.41) is 6.22. The van der Waals surface area contributed by atoms with Gasteiger partial charge in [-0.2, -0.15) is 4.72 Å². The van der Waals surface area contributed by atoms with Gasteiger partial charge in [-0.25, -0.2) is 18.3 Å². The van der Waals surface area contributed by atoms with E-state index < -0.39 is 40.3 Å². The molecule has 0 unspecified atom stereocenters. The van der Waals surface area contributed by atoms with Crippen LogP contribution in [0.15, 0.2) is 47.4 Å². The van der Waals surface area contributed by atoms with Crippen LogP contribution < -0.4 is 20.1 Å². The number of methoxy groups -OCH3 is 1. The summed E-state index contributed by atoms with van der Waals surface area (Å²) in [6.07, 6.45) is 0.299. The second kappa shape index (κ2) is 18.1. The van der Waals surface area contributed by atoms with Gasteiger partial charge in [-0.15, -0.1) is 0 Å². The average molecular weight is 665 g/mol. The van der Waals surface area contributed by atoms with Crippen molar-refractivity contribution in [2.75, 3.05) is 33.4 Å². The number of hydrogen-bond acceptors (Lipinski definition) is 10.